The molecule has 0 fully saturated rings. The number of ether oxygens (including phenoxy) is 3. The zero-order chi connectivity index (χ0) is 20.6. The Bertz CT molecular complexity index is 953. The Morgan fingerprint density at radius 3 is 2.47 bits per heavy atom. The third-order valence-electron chi connectivity index (χ3n) is 5.39. The molecule has 4 nitrogen and oxygen atoms in total. The second kappa shape index (κ2) is 10.1. The number of unbranched alkanes of at least 4 members (excludes halogenated alkanes) is 5. The van der Waals surface area contributed by atoms with E-state index in [1.54, 1.807) is 0 Å². The van der Waals surface area contributed by atoms with Crippen LogP contribution in [0.15, 0.2) is 60.8 Å². The van der Waals surface area contributed by atoms with Crippen LogP contribution >= 0.6 is 0 Å². The Kier molecular flexibility index (Phi) is 6.86. The lowest BCUT2D eigenvalue weighted by molar-refractivity contribution is 0.174. The van der Waals surface area contributed by atoms with E-state index in [-0.39, 0.29) is 6.79 Å². The lowest BCUT2D eigenvalue weighted by Gasteiger charge is -2.11. The van der Waals surface area contributed by atoms with E-state index in [9.17, 15) is 0 Å². The first-order valence-corrected chi connectivity index (χ1v) is 10.9. The minimum Gasteiger partial charge on any atom is -0.494 e. The van der Waals surface area contributed by atoms with Crippen LogP contribution in [-0.4, -0.2) is 18.4 Å². The third-order valence-corrected chi connectivity index (χ3v) is 5.39. The van der Waals surface area contributed by atoms with E-state index in [2.05, 4.69) is 30.1 Å². The molecule has 0 aliphatic carbocycles. The van der Waals surface area contributed by atoms with Crippen LogP contribution in [0.5, 0.6) is 17.2 Å². The van der Waals surface area contributed by atoms with Crippen molar-refractivity contribution in [3.05, 3.63) is 60.8 Å². The maximum absolute atomic E-state index is 5.92. The molecule has 4 heteroatoms. The van der Waals surface area contributed by atoms with E-state index in [0.29, 0.717) is 0 Å². The highest BCUT2D eigenvalue weighted by Gasteiger charge is 2.16. The van der Waals surface area contributed by atoms with Crippen LogP contribution in [0.25, 0.3) is 22.4 Å². The number of rotatable bonds is 10. The fraction of sp³-hybridized carbons (Fsp3) is 0.346. The van der Waals surface area contributed by atoms with Crippen LogP contribution in [-0.2, 0) is 0 Å². The average Bonchev–Trinajstić information content (AvgIpc) is 3.27. The summed E-state index contributed by atoms with van der Waals surface area (Å²) in [5.74, 6) is 2.48. The van der Waals surface area contributed by atoms with Gasteiger partial charge >= 0.3 is 0 Å². The van der Waals surface area contributed by atoms with Gasteiger partial charge in [0.15, 0.2) is 11.5 Å². The first kappa shape index (κ1) is 20.3. The topological polar surface area (TPSA) is 40.6 Å². The van der Waals surface area contributed by atoms with Crippen LogP contribution in [0.2, 0.25) is 0 Å². The Hall–Kier alpha value is -3.01. The van der Waals surface area contributed by atoms with Gasteiger partial charge in [-0.1, -0.05) is 51.2 Å². The first-order valence-electron chi connectivity index (χ1n) is 10.9. The number of aromatic nitrogens is 1. The summed E-state index contributed by atoms with van der Waals surface area (Å²) in [5, 5.41) is 0. The molecule has 30 heavy (non-hydrogen) atoms. The van der Waals surface area contributed by atoms with Crippen molar-refractivity contribution >= 4 is 0 Å². The Morgan fingerprint density at radius 1 is 0.833 bits per heavy atom. The molecule has 1 aliphatic rings. The minimum atomic E-state index is 0.277. The Labute approximate surface area is 178 Å². The van der Waals surface area contributed by atoms with Crippen LogP contribution < -0.4 is 14.2 Å². The fourth-order valence-electron chi connectivity index (χ4n) is 3.71. The van der Waals surface area contributed by atoms with Gasteiger partial charge in [0.2, 0.25) is 6.79 Å². The molecule has 0 radical (unpaired) electrons. The summed E-state index contributed by atoms with van der Waals surface area (Å²) < 4.78 is 16.9. The molecule has 0 atom stereocenters. The molecular weight excluding hydrogens is 374 g/mol. The number of fused-ring (bicyclic) bond motifs is 1. The average molecular weight is 404 g/mol. The molecule has 156 valence electrons. The standard InChI is InChI=1S/C26H29NO3/c1-2-3-4-5-6-7-17-28-22-13-10-20(11-14-22)26-23(9-8-16-27-26)21-12-15-24-25(18-21)30-19-29-24/h8-16,18H,2-7,17,19H2,1H3. The van der Waals surface area contributed by atoms with Gasteiger partial charge in [-0.15, -0.1) is 0 Å². The predicted molar refractivity (Wildman–Crippen MR) is 120 cm³/mol. The predicted octanol–water partition coefficient (Wildman–Crippen LogP) is 6.88. The summed E-state index contributed by atoms with van der Waals surface area (Å²) in [6.45, 7) is 3.30. The van der Waals surface area contributed by atoms with Crippen LogP contribution in [0.1, 0.15) is 45.4 Å². The van der Waals surface area contributed by atoms with Crippen molar-refractivity contribution in [2.24, 2.45) is 0 Å². The molecule has 0 amide bonds. The van der Waals surface area contributed by atoms with Crippen molar-refractivity contribution in [2.45, 2.75) is 45.4 Å². The second-order valence-corrected chi connectivity index (χ2v) is 7.61. The second-order valence-electron chi connectivity index (χ2n) is 7.61. The maximum atomic E-state index is 5.92. The molecule has 0 saturated heterocycles. The lowest BCUT2D eigenvalue weighted by Crippen LogP contribution is -1.97. The smallest absolute Gasteiger partial charge is 0.231 e. The molecule has 0 spiro atoms. The highest BCUT2D eigenvalue weighted by Crippen LogP contribution is 2.38. The van der Waals surface area contributed by atoms with Crippen LogP contribution in [0.4, 0.5) is 0 Å². The minimum absolute atomic E-state index is 0.277. The fourth-order valence-corrected chi connectivity index (χ4v) is 3.71. The number of benzene rings is 2. The number of hydrogen-bond acceptors (Lipinski definition) is 4. The van der Waals surface area contributed by atoms with Crippen molar-refractivity contribution in [1.82, 2.24) is 4.98 Å². The zero-order valence-electron chi connectivity index (χ0n) is 17.6. The number of nitrogens with zero attached hydrogens (tertiary/aromatic N) is 1. The largest absolute Gasteiger partial charge is 0.494 e. The monoisotopic (exact) mass is 403 g/mol. The number of hydrogen-bond donors (Lipinski definition) is 0. The van der Waals surface area contributed by atoms with E-state index in [4.69, 9.17) is 14.2 Å². The maximum Gasteiger partial charge on any atom is 0.231 e. The summed E-state index contributed by atoms with van der Waals surface area (Å²) in [6.07, 6.45) is 9.44. The summed E-state index contributed by atoms with van der Waals surface area (Å²) in [6, 6.07) is 18.3. The van der Waals surface area contributed by atoms with Gasteiger partial charge in [-0.2, -0.15) is 0 Å². The molecule has 0 bridgehead atoms. The van der Waals surface area contributed by atoms with Gasteiger partial charge in [-0.25, -0.2) is 0 Å². The highest BCUT2D eigenvalue weighted by molar-refractivity contribution is 5.81. The van der Waals surface area contributed by atoms with E-state index >= 15 is 0 Å². The van der Waals surface area contributed by atoms with Gasteiger partial charge in [0.05, 0.1) is 12.3 Å². The summed E-state index contributed by atoms with van der Waals surface area (Å²) in [4.78, 5) is 4.65. The quantitative estimate of drug-likeness (QED) is 0.346. The van der Waals surface area contributed by atoms with Crippen molar-refractivity contribution < 1.29 is 14.2 Å². The summed E-state index contributed by atoms with van der Waals surface area (Å²) >= 11 is 0. The third kappa shape index (κ3) is 4.93. The molecule has 3 aromatic rings. The first-order chi connectivity index (χ1) is 14.8. The van der Waals surface area contributed by atoms with Gasteiger partial charge in [-0.05, 0) is 54.4 Å². The zero-order valence-corrected chi connectivity index (χ0v) is 17.6. The van der Waals surface area contributed by atoms with Crippen molar-refractivity contribution in [3.8, 4) is 39.6 Å². The Balaban J connectivity index is 1.41. The van der Waals surface area contributed by atoms with Gasteiger partial charge in [0.1, 0.15) is 5.75 Å². The lowest BCUT2D eigenvalue weighted by atomic mass is 9.99. The van der Waals surface area contributed by atoms with E-state index < -0.39 is 0 Å². The molecule has 0 saturated carbocycles. The summed E-state index contributed by atoms with van der Waals surface area (Å²) in [7, 11) is 0. The molecule has 2 heterocycles. The van der Waals surface area contributed by atoms with E-state index in [0.717, 1.165) is 52.7 Å². The van der Waals surface area contributed by atoms with Crippen LogP contribution in [0.3, 0.4) is 0 Å². The summed E-state index contributed by atoms with van der Waals surface area (Å²) in [5.41, 5.74) is 4.14. The van der Waals surface area contributed by atoms with E-state index in [1.807, 2.05) is 42.6 Å². The van der Waals surface area contributed by atoms with Crippen molar-refractivity contribution in [3.63, 3.8) is 0 Å². The van der Waals surface area contributed by atoms with Crippen LogP contribution in [0, 0.1) is 0 Å². The molecule has 1 aromatic heterocycles. The number of pyridine rings is 1. The van der Waals surface area contributed by atoms with E-state index in [1.165, 1.54) is 32.1 Å². The highest BCUT2D eigenvalue weighted by atomic mass is 16.7. The van der Waals surface area contributed by atoms with Gasteiger partial charge in [0, 0.05) is 17.3 Å². The van der Waals surface area contributed by atoms with Gasteiger partial charge in [0.25, 0.3) is 0 Å². The SMILES string of the molecule is CCCCCCCCOc1ccc(-c2ncccc2-c2ccc3c(c2)OCO3)cc1. The van der Waals surface area contributed by atoms with Crippen molar-refractivity contribution in [2.75, 3.05) is 13.4 Å². The molecular formula is C26H29NO3. The van der Waals surface area contributed by atoms with Gasteiger partial charge in [-0.3, -0.25) is 4.98 Å². The Morgan fingerprint density at radius 2 is 1.60 bits per heavy atom. The molecule has 0 unspecified atom stereocenters. The van der Waals surface area contributed by atoms with Gasteiger partial charge < -0.3 is 14.2 Å². The van der Waals surface area contributed by atoms with Crippen molar-refractivity contribution in [1.29, 1.82) is 0 Å². The molecule has 2 aromatic carbocycles. The normalized spacial score (nSPS) is 12.2. The molecule has 0 N–H and O–H groups in total. The molecule has 4 rings (SSSR count). The molecule has 1 aliphatic heterocycles.